The van der Waals surface area contributed by atoms with Gasteiger partial charge in [-0.15, -0.1) is 0 Å². The Morgan fingerprint density at radius 3 is 2.44 bits per heavy atom. The zero-order chi connectivity index (χ0) is 24.7. The van der Waals surface area contributed by atoms with Gasteiger partial charge >= 0.3 is 5.97 Å². The number of halogens is 1. The van der Waals surface area contributed by atoms with Crippen LogP contribution in [-0.2, 0) is 4.79 Å². The van der Waals surface area contributed by atoms with E-state index in [9.17, 15) is 9.59 Å². The van der Waals surface area contributed by atoms with E-state index in [4.69, 9.17) is 9.47 Å². The lowest BCUT2D eigenvalue weighted by atomic mass is 10.0. The van der Waals surface area contributed by atoms with Crippen LogP contribution >= 0.6 is 15.9 Å². The highest BCUT2D eigenvalue weighted by Gasteiger charge is 2.12. The number of carbonyl (C=O) groups is 2. The predicted octanol–water partition coefficient (Wildman–Crippen LogP) is 5.94. The first kappa shape index (κ1) is 25.2. The average Bonchev–Trinajstić information content (AvgIpc) is 2.80. The first-order valence-electron chi connectivity index (χ1n) is 10.9. The van der Waals surface area contributed by atoms with Gasteiger partial charge in [-0.05, 0) is 67.3 Å². The van der Waals surface area contributed by atoms with Crippen molar-refractivity contribution < 1.29 is 19.1 Å². The number of amides is 1. The van der Waals surface area contributed by atoms with Crippen molar-refractivity contribution in [3.63, 3.8) is 0 Å². The maximum atomic E-state index is 12.5. The molecule has 0 radical (unpaired) electrons. The van der Waals surface area contributed by atoms with E-state index in [1.165, 1.54) is 6.21 Å². The maximum absolute atomic E-state index is 12.5. The Labute approximate surface area is 208 Å². The zero-order valence-corrected chi connectivity index (χ0v) is 21.2. The summed E-state index contributed by atoms with van der Waals surface area (Å²) >= 11 is 3.40. The molecule has 3 aromatic rings. The van der Waals surface area contributed by atoms with Gasteiger partial charge in [0.05, 0.1) is 11.8 Å². The highest BCUT2D eigenvalue weighted by atomic mass is 79.9. The number of hydrazone groups is 1. The molecule has 0 aliphatic heterocycles. The van der Waals surface area contributed by atoms with Crippen LogP contribution in [0, 0.1) is 13.8 Å². The molecular formula is C27H27BrN2O4. The van der Waals surface area contributed by atoms with Crippen molar-refractivity contribution >= 4 is 34.0 Å². The van der Waals surface area contributed by atoms with Crippen LogP contribution in [0.1, 0.15) is 52.4 Å². The van der Waals surface area contributed by atoms with E-state index < -0.39 is 11.9 Å². The summed E-state index contributed by atoms with van der Waals surface area (Å²) in [5.74, 6) is 0.472. The minimum absolute atomic E-state index is 0.173. The summed E-state index contributed by atoms with van der Waals surface area (Å²) in [6, 6.07) is 18.3. The summed E-state index contributed by atoms with van der Waals surface area (Å²) in [6.07, 6.45) is 1.42. The average molecular weight is 523 g/mol. The molecule has 0 unspecified atom stereocenters. The van der Waals surface area contributed by atoms with Gasteiger partial charge in [0.15, 0.2) is 6.61 Å². The van der Waals surface area contributed by atoms with Gasteiger partial charge in [-0.25, -0.2) is 10.2 Å². The molecule has 0 atom stereocenters. The van der Waals surface area contributed by atoms with E-state index in [1.54, 1.807) is 30.3 Å². The summed E-state index contributed by atoms with van der Waals surface area (Å²) in [5, 5.41) is 4.00. The SMILES string of the molecule is Cc1ccc(C(=O)Oc2ccc(Br)cc2/C=N\NC(=O)COc2cc(C(C)C)ccc2C)cc1. The molecular weight excluding hydrogens is 496 g/mol. The van der Waals surface area contributed by atoms with Crippen LogP contribution in [0.2, 0.25) is 0 Å². The summed E-state index contributed by atoms with van der Waals surface area (Å²) in [6.45, 7) is 7.91. The minimum Gasteiger partial charge on any atom is -0.483 e. The molecule has 0 heterocycles. The van der Waals surface area contributed by atoms with Gasteiger partial charge in [-0.2, -0.15) is 5.10 Å². The number of nitrogens with one attached hydrogen (secondary N) is 1. The lowest BCUT2D eigenvalue weighted by Crippen LogP contribution is -2.24. The Morgan fingerprint density at radius 1 is 1.00 bits per heavy atom. The van der Waals surface area contributed by atoms with Crippen molar-refractivity contribution in [1.82, 2.24) is 5.43 Å². The van der Waals surface area contributed by atoms with Gasteiger partial charge < -0.3 is 9.47 Å². The van der Waals surface area contributed by atoms with E-state index in [2.05, 4.69) is 46.4 Å². The van der Waals surface area contributed by atoms with Crippen molar-refractivity contribution in [2.75, 3.05) is 6.61 Å². The predicted molar refractivity (Wildman–Crippen MR) is 137 cm³/mol. The molecule has 0 fully saturated rings. The summed E-state index contributed by atoms with van der Waals surface area (Å²) < 4.78 is 12.0. The second-order valence-electron chi connectivity index (χ2n) is 8.20. The largest absolute Gasteiger partial charge is 0.483 e. The first-order chi connectivity index (χ1) is 16.2. The van der Waals surface area contributed by atoms with Crippen LogP contribution in [0.25, 0.3) is 0 Å². The van der Waals surface area contributed by atoms with Crippen LogP contribution in [0.5, 0.6) is 11.5 Å². The Bertz CT molecular complexity index is 1200. The molecule has 3 aromatic carbocycles. The number of esters is 1. The fourth-order valence-corrected chi connectivity index (χ4v) is 3.42. The summed E-state index contributed by atoms with van der Waals surface area (Å²) in [5.41, 5.74) is 6.56. The number of ether oxygens (including phenoxy) is 2. The number of hydrogen-bond donors (Lipinski definition) is 1. The van der Waals surface area contributed by atoms with Crippen molar-refractivity contribution in [2.45, 2.75) is 33.6 Å². The molecule has 1 amide bonds. The van der Waals surface area contributed by atoms with Crippen LogP contribution in [0.15, 0.2) is 70.2 Å². The number of carbonyl (C=O) groups excluding carboxylic acids is 2. The smallest absolute Gasteiger partial charge is 0.343 e. The van der Waals surface area contributed by atoms with Gasteiger partial charge in [0.25, 0.3) is 5.91 Å². The number of aryl methyl sites for hydroxylation is 2. The Hall–Kier alpha value is -3.45. The van der Waals surface area contributed by atoms with Crippen molar-refractivity contribution in [3.8, 4) is 11.5 Å². The number of benzene rings is 3. The highest BCUT2D eigenvalue weighted by Crippen LogP contribution is 2.25. The molecule has 34 heavy (non-hydrogen) atoms. The number of nitrogens with zero attached hydrogens (tertiary/aromatic N) is 1. The molecule has 176 valence electrons. The normalized spacial score (nSPS) is 11.0. The van der Waals surface area contributed by atoms with Gasteiger partial charge in [0, 0.05) is 10.0 Å². The van der Waals surface area contributed by atoms with E-state index in [-0.39, 0.29) is 6.61 Å². The fraction of sp³-hybridized carbons (Fsp3) is 0.222. The molecule has 0 saturated heterocycles. The molecule has 3 rings (SSSR count). The van der Waals surface area contributed by atoms with Crippen molar-refractivity contribution in [2.24, 2.45) is 5.10 Å². The minimum atomic E-state index is -0.478. The van der Waals surface area contributed by atoms with E-state index in [1.807, 2.05) is 38.1 Å². The van der Waals surface area contributed by atoms with Gasteiger partial charge in [-0.3, -0.25) is 4.79 Å². The third-order valence-corrected chi connectivity index (χ3v) is 5.59. The third-order valence-electron chi connectivity index (χ3n) is 5.09. The lowest BCUT2D eigenvalue weighted by molar-refractivity contribution is -0.123. The van der Waals surface area contributed by atoms with E-state index in [0.717, 1.165) is 21.2 Å². The molecule has 1 N–H and O–H groups in total. The molecule has 0 spiro atoms. The molecule has 7 heteroatoms. The summed E-state index contributed by atoms with van der Waals surface area (Å²) in [7, 11) is 0. The topological polar surface area (TPSA) is 77.0 Å². The molecule has 0 bridgehead atoms. The zero-order valence-electron chi connectivity index (χ0n) is 19.6. The van der Waals surface area contributed by atoms with E-state index in [0.29, 0.717) is 28.5 Å². The highest BCUT2D eigenvalue weighted by molar-refractivity contribution is 9.10. The molecule has 0 aliphatic carbocycles. The number of rotatable bonds is 8. The quantitative estimate of drug-likeness (QED) is 0.172. The van der Waals surface area contributed by atoms with Crippen LogP contribution in [0.3, 0.4) is 0 Å². The molecule has 0 aromatic heterocycles. The monoisotopic (exact) mass is 522 g/mol. The van der Waals surface area contributed by atoms with E-state index >= 15 is 0 Å². The molecule has 0 saturated carbocycles. The molecule has 0 aliphatic rings. The fourth-order valence-electron chi connectivity index (χ4n) is 3.04. The van der Waals surface area contributed by atoms with Gasteiger partial charge in [0.1, 0.15) is 11.5 Å². The van der Waals surface area contributed by atoms with Gasteiger partial charge in [0.2, 0.25) is 0 Å². The Kier molecular flexibility index (Phi) is 8.60. The third kappa shape index (κ3) is 7.02. The summed E-state index contributed by atoms with van der Waals surface area (Å²) in [4.78, 5) is 24.7. The Morgan fingerprint density at radius 2 is 1.74 bits per heavy atom. The second kappa shape index (κ2) is 11.6. The molecule has 6 nitrogen and oxygen atoms in total. The van der Waals surface area contributed by atoms with Gasteiger partial charge in [-0.1, -0.05) is 59.6 Å². The maximum Gasteiger partial charge on any atom is 0.343 e. The van der Waals surface area contributed by atoms with Crippen LogP contribution in [0.4, 0.5) is 0 Å². The van der Waals surface area contributed by atoms with Crippen LogP contribution in [-0.4, -0.2) is 24.7 Å². The standard InChI is InChI=1S/C27H27BrN2O4/c1-17(2)21-10-7-19(4)25(14-21)33-16-26(31)30-29-15-22-13-23(28)11-12-24(22)34-27(32)20-8-5-18(3)6-9-20/h5-15,17H,16H2,1-4H3,(H,30,31)/b29-15-. The van der Waals surface area contributed by atoms with Crippen molar-refractivity contribution in [3.05, 3.63) is 93.0 Å². The Balaban J connectivity index is 1.62. The number of hydrogen-bond acceptors (Lipinski definition) is 5. The van der Waals surface area contributed by atoms with Crippen LogP contribution < -0.4 is 14.9 Å². The second-order valence-corrected chi connectivity index (χ2v) is 9.11. The van der Waals surface area contributed by atoms with Crippen molar-refractivity contribution in [1.29, 1.82) is 0 Å². The first-order valence-corrected chi connectivity index (χ1v) is 11.7. The lowest BCUT2D eigenvalue weighted by Gasteiger charge is -2.12.